The Bertz CT molecular complexity index is 1030. The Hall–Kier alpha value is -2.93. The quantitative estimate of drug-likeness (QED) is 0.462. The molecule has 1 N–H and O–H groups in total. The summed E-state index contributed by atoms with van der Waals surface area (Å²) in [4.78, 5) is 8.96. The van der Waals surface area contributed by atoms with E-state index in [1.54, 1.807) is 24.0 Å². The van der Waals surface area contributed by atoms with Gasteiger partial charge in [-0.05, 0) is 21.5 Å². The fourth-order valence-corrected chi connectivity index (χ4v) is 3.00. The van der Waals surface area contributed by atoms with E-state index in [0.29, 0.717) is 12.4 Å². The minimum atomic E-state index is 0.599. The van der Waals surface area contributed by atoms with Crippen molar-refractivity contribution in [1.29, 1.82) is 0 Å². The van der Waals surface area contributed by atoms with Crippen molar-refractivity contribution >= 4 is 27.4 Å². The molecular formula is C21H22BrN5O. The van der Waals surface area contributed by atoms with Crippen molar-refractivity contribution in [2.24, 2.45) is 0 Å². The molecule has 1 aromatic carbocycles. The lowest BCUT2D eigenvalue weighted by Gasteiger charge is -2.11. The zero-order valence-electron chi connectivity index (χ0n) is 16.1. The summed E-state index contributed by atoms with van der Waals surface area (Å²) in [6.45, 7) is 4.61. The number of halogens is 1. The monoisotopic (exact) mass is 439 g/mol. The lowest BCUT2D eigenvalue weighted by molar-refractivity contribution is 0.397. The minimum Gasteiger partial charge on any atom is -0.481 e. The van der Waals surface area contributed by atoms with E-state index in [9.17, 15) is 0 Å². The van der Waals surface area contributed by atoms with Gasteiger partial charge in [0, 0.05) is 30.4 Å². The molecule has 0 saturated carbocycles. The van der Waals surface area contributed by atoms with E-state index >= 15 is 0 Å². The summed E-state index contributed by atoms with van der Waals surface area (Å²) in [5.74, 6) is 1.46. The second-order valence-electron chi connectivity index (χ2n) is 5.68. The molecule has 0 aliphatic rings. The average molecular weight is 440 g/mol. The molecule has 0 atom stereocenters. The van der Waals surface area contributed by atoms with Gasteiger partial charge < -0.3 is 10.1 Å². The molecule has 6 nitrogen and oxygen atoms in total. The van der Waals surface area contributed by atoms with Gasteiger partial charge in [0.2, 0.25) is 5.88 Å². The molecule has 4 rings (SSSR count). The first-order chi connectivity index (χ1) is 13.7. The predicted molar refractivity (Wildman–Crippen MR) is 116 cm³/mol. The third-order valence-corrected chi connectivity index (χ3v) is 4.54. The molecule has 0 fully saturated rings. The van der Waals surface area contributed by atoms with Gasteiger partial charge in [0.05, 0.1) is 23.5 Å². The number of pyridine rings is 1. The number of hydrogen-bond donors (Lipinski definition) is 1. The van der Waals surface area contributed by atoms with Crippen LogP contribution in [0.15, 0.2) is 65.4 Å². The maximum absolute atomic E-state index is 5.10. The molecule has 3 heterocycles. The molecule has 4 aromatic rings. The van der Waals surface area contributed by atoms with Crippen molar-refractivity contribution in [3.05, 3.63) is 71.0 Å². The number of rotatable bonds is 5. The zero-order valence-corrected chi connectivity index (χ0v) is 17.6. The Morgan fingerprint density at radius 2 is 1.86 bits per heavy atom. The molecule has 0 amide bonds. The van der Waals surface area contributed by atoms with Gasteiger partial charge in [-0.2, -0.15) is 9.61 Å². The Labute approximate surface area is 172 Å². The number of ether oxygens (including phenoxy) is 1. The van der Waals surface area contributed by atoms with Crippen LogP contribution in [0.1, 0.15) is 19.4 Å². The number of aromatic nitrogens is 4. The molecule has 0 radical (unpaired) electrons. The Kier molecular flexibility index (Phi) is 6.60. The molecule has 0 unspecified atom stereocenters. The number of nitrogens with zero attached hydrogens (tertiary/aromatic N) is 4. The van der Waals surface area contributed by atoms with Gasteiger partial charge in [-0.15, -0.1) is 0 Å². The highest BCUT2D eigenvalue weighted by Crippen LogP contribution is 2.26. The fraction of sp³-hybridized carbons (Fsp3) is 0.190. The van der Waals surface area contributed by atoms with Crippen molar-refractivity contribution < 1.29 is 4.74 Å². The van der Waals surface area contributed by atoms with Crippen LogP contribution in [0.5, 0.6) is 5.88 Å². The van der Waals surface area contributed by atoms with E-state index in [1.807, 2.05) is 62.4 Å². The number of anilines is 1. The first-order valence-electron chi connectivity index (χ1n) is 9.07. The average Bonchev–Trinajstić information content (AvgIpc) is 3.15. The molecule has 0 bridgehead atoms. The molecule has 0 aliphatic heterocycles. The highest BCUT2D eigenvalue weighted by atomic mass is 79.9. The molecule has 28 heavy (non-hydrogen) atoms. The highest BCUT2D eigenvalue weighted by Gasteiger charge is 2.11. The van der Waals surface area contributed by atoms with Gasteiger partial charge in [-0.3, -0.25) is 0 Å². The van der Waals surface area contributed by atoms with Crippen LogP contribution < -0.4 is 10.1 Å². The zero-order chi connectivity index (χ0) is 19.9. The van der Waals surface area contributed by atoms with Crippen LogP contribution in [0.25, 0.3) is 16.9 Å². The second-order valence-corrected chi connectivity index (χ2v) is 6.54. The topological polar surface area (TPSA) is 64.3 Å². The van der Waals surface area contributed by atoms with E-state index in [0.717, 1.165) is 32.8 Å². The Balaban J connectivity index is 0.00000109. The fourth-order valence-electron chi connectivity index (χ4n) is 2.65. The number of fused-ring (bicyclic) bond motifs is 1. The van der Waals surface area contributed by atoms with Gasteiger partial charge in [0.1, 0.15) is 5.82 Å². The lowest BCUT2D eigenvalue weighted by atomic mass is 10.1. The molecule has 0 saturated heterocycles. The van der Waals surface area contributed by atoms with Crippen molar-refractivity contribution in [3.8, 4) is 17.1 Å². The predicted octanol–water partition coefficient (Wildman–Crippen LogP) is 5.20. The summed E-state index contributed by atoms with van der Waals surface area (Å²) in [6, 6.07) is 15.9. The molecule has 3 aromatic heterocycles. The third-order valence-electron chi connectivity index (χ3n) is 3.98. The normalized spacial score (nSPS) is 10.3. The van der Waals surface area contributed by atoms with Gasteiger partial charge >= 0.3 is 0 Å². The maximum Gasteiger partial charge on any atom is 0.212 e. The van der Waals surface area contributed by atoms with Crippen LogP contribution in [0.3, 0.4) is 0 Å². The second kappa shape index (κ2) is 9.32. The Morgan fingerprint density at radius 1 is 1.07 bits per heavy atom. The number of benzene rings is 1. The first kappa shape index (κ1) is 19.8. The minimum absolute atomic E-state index is 0.599. The summed E-state index contributed by atoms with van der Waals surface area (Å²) >= 11 is 3.52. The van der Waals surface area contributed by atoms with Crippen molar-refractivity contribution in [2.75, 3.05) is 12.4 Å². The summed E-state index contributed by atoms with van der Waals surface area (Å²) in [5.41, 5.74) is 3.75. The molecule has 0 spiro atoms. The van der Waals surface area contributed by atoms with Gasteiger partial charge in [0.25, 0.3) is 0 Å². The molecule has 7 heteroatoms. The smallest absolute Gasteiger partial charge is 0.212 e. The number of hydrogen-bond acceptors (Lipinski definition) is 5. The number of methoxy groups -OCH3 is 1. The molecular weight excluding hydrogens is 418 g/mol. The SMILES string of the molecule is CC.COc1ccc(CNc2cc(-c3ccccc3)nc3c(Br)cnn23)cn1. The Morgan fingerprint density at radius 3 is 2.54 bits per heavy atom. The van der Waals surface area contributed by atoms with Crippen molar-refractivity contribution in [2.45, 2.75) is 20.4 Å². The molecule has 144 valence electrons. The van der Waals surface area contributed by atoms with Gasteiger partial charge in [0.15, 0.2) is 5.65 Å². The van der Waals surface area contributed by atoms with Crippen LogP contribution in [-0.4, -0.2) is 26.7 Å². The van der Waals surface area contributed by atoms with E-state index in [4.69, 9.17) is 9.72 Å². The third kappa shape index (κ3) is 4.31. The summed E-state index contributed by atoms with van der Waals surface area (Å²) in [6.07, 6.45) is 3.54. The lowest BCUT2D eigenvalue weighted by Crippen LogP contribution is -2.07. The van der Waals surface area contributed by atoms with E-state index in [1.165, 1.54) is 0 Å². The standard InChI is InChI=1S/C19H16BrN5O.C2H6/c1-26-18-8-7-13(11-22-18)10-21-17-9-16(14-5-3-2-4-6-14)24-19-15(20)12-23-25(17)19;1-2/h2-9,11-12,21H,10H2,1H3;1-2H3. The van der Waals surface area contributed by atoms with Crippen LogP contribution in [-0.2, 0) is 6.54 Å². The van der Waals surface area contributed by atoms with Gasteiger partial charge in [-0.25, -0.2) is 9.97 Å². The first-order valence-corrected chi connectivity index (χ1v) is 9.86. The van der Waals surface area contributed by atoms with E-state index in [-0.39, 0.29) is 0 Å². The van der Waals surface area contributed by atoms with E-state index < -0.39 is 0 Å². The van der Waals surface area contributed by atoms with Crippen LogP contribution in [0.2, 0.25) is 0 Å². The maximum atomic E-state index is 5.10. The van der Waals surface area contributed by atoms with Gasteiger partial charge in [-0.1, -0.05) is 50.2 Å². The highest BCUT2D eigenvalue weighted by molar-refractivity contribution is 9.10. The summed E-state index contributed by atoms with van der Waals surface area (Å²) < 4.78 is 7.73. The summed E-state index contributed by atoms with van der Waals surface area (Å²) in [5, 5.41) is 7.83. The van der Waals surface area contributed by atoms with Crippen LogP contribution >= 0.6 is 15.9 Å². The summed E-state index contributed by atoms with van der Waals surface area (Å²) in [7, 11) is 1.61. The van der Waals surface area contributed by atoms with E-state index in [2.05, 4.69) is 31.3 Å². The molecule has 0 aliphatic carbocycles. The number of nitrogens with one attached hydrogen (secondary N) is 1. The van der Waals surface area contributed by atoms with Crippen molar-refractivity contribution in [3.63, 3.8) is 0 Å². The van der Waals surface area contributed by atoms with Crippen LogP contribution in [0, 0.1) is 0 Å². The largest absolute Gasteiger partial charge is 0.481 e. The van der Waals surface area contributed by atoms with Crippen LogP contribution in [0.4, 0.5) is 5.82 Å². The van der Waals surface area contributed by atoms with Crippen molar-refractivity contribution in [1.82, 2.24) is 19.6 Å².